The largest absolute Gasteiger partial charge is 0.504 e. The first kappa shape index (κ1) is 19.4. The second-order valence-corrected chi connectivity index (χ2v) is 5.69. The highest BCUT2D eigenvalue weighted by molar-refractivity contribution is 6.01. The number of aromatic hydroxyl groups is 1. The summed E-state index contributed by atoms with van der Waals surface area (Å²) in [6, 6.07) is 12.3. The summed E-state index contributed by atoms with van der Waals surface area (Å²) in [5, 5.41) is 24.9. The zero-order valence-corrected chi connectivity index (χ0v) is 15.0. The number of methoxy groups -OCH3 is 1. The van der Waals surface area contributed by atoms with Gasteiger partial charge in [-0.1, -0.05) is 18.2 Å². The Labute approximate surface area is 163 Å². The number of hydrogen-bond donors (Lipinski definition) is 3. The highest BCUT2D eigenvalue weighted by atomic mass is 16.6. The molecule has 3 N–H and O–H groups in total. The molecular formula is C18H15N5O6. The van der Waals surface area contributed by atoms with Gasteiger partial charge in [0.25, 0.3) is 17.5 Å². The predicted octanol–water partition coefficient (Wildman–Crippen LogP) is 1.57. The Kier molecular flexibility index (Phi) is 5.39. The zero-order chi connectivity index (χ0) is 21.0. The number of nitrogens with zero attached hydrogens (tertiary/aromatic N) is 3. The summed E-state index contributed by atoms with van der Waals surface area (Å²) < 4.78 is 6.31. The quantitative estimate of drug-likeness (QED) is 0.437. The van der Waals surface area contributed by atoms with Crippen LogP contribution in [-0.4, -0.2) is 38.7 Å². The topological polar surface area (TPSA) is 149 Å². The van der Waals surface area contributed by atoms with E-state index in [2.05, 4.69) is 16.0 Å². The number of hydrazine groups is 1. The van der Waals surface area contributed by atoms with E-state index in [4.69, 9.17) is 4.74 Å². The molecule has 1 heterocycles. The van der Waals surface area contributed by atoms with Gasteiger partial charge < -0.3 is 9.84 Å². The summed E-state index contributed by atoms with van der Waals surface area (Å²) in [4.78, 5) is 34.8. The van der Waals surface area contributed by atoms with E-state index in [0.717, 1.165) is 6.07 Å². The number of carbonyl (C=O) groups is 2. The van der Waals surface area contributed by atoms with Crippen LogP contribution in [0.25, 0.3) is 5.69 Å². The third-order valence-electron chi connectivity index (χ3n) is 3.86. The van der Waals surface area contributed by atoms with Crippen molar-refractivity contribution in [3.63, 3.8) is 0 Å². The third kappa shape index (κ3) is 4.13. The van der Waals surface area contributed by atoms with Crippen LogP contribution in [0, 0.1) is 10.1 Å². The number of nitro groups is 1. The summed E-state index contributed by atoms with van der Waals surface area (Å²) in [7, 11) is 1.30. The van der Waals surface area contributed by atoms with Gasteiger partial charge in [0, 0.05) is 12.1 Å². The number of amides is 2. The monoisotopic (exact) mass is 397 g/mol. The Morgan fingerprint density at radius 1 is 1.14 bits per heavy atom. The van der Waals surface area contributed by atoms with Crippen LogP contribution in [0.4, 0.5) is 5.69 Å². The van der Waals surface area contributed by atoms with Crippen molar-refractivity contribution >= 4 is 17.5 Å². The lowest BCUT2D eigenvalue weighted by Crippen LogP contribution is -2.42. The molecule has 2 aromatic carbocycles. The molecule has 0 aliphatic heterocycles. The van der Waals surface area contributed by atoms with Crippen LogP contribution >= 0.6 is 0 Å². The van der Waals surface area contributed by atoms with E-state index in [9.17, 15) is 24.8 Å². The van der Waals surface area contributed by atoms with Gasteiger partial charge in [0.15, 0.2) is 11.4 Å². The maximum atomic E-state index is 12.3. The van der Waals surface area contributed by atoms with Crippen molar-refractivity contribution in [2.75, 3.05) is 7.11 Å². The minimum absolute atomic E-state index is 0.0820. The number of ether oxygens (including phenoxy) is 1. The molecule has 0 aliphatic rings. The number of rotatable bonds is 5. The molecule has 0 radical (unpaired) electrons. The lowest BCUT2D eigenvalue weighted by atomic mass is 10.1. The van der Waals surface area contributed by atoms with E-state index in [1.807, 2.05) is 0 Å². The Morgan fingerprint density at radius 3 is 2.48 bits per heavy atom. The molecule has 3 rings (SSSR count). The molecule has 0 aliphatic carbocycles. The number of para-hydroxylation sites is 1. The summed E-state index contributed by atoms with van der Waals surface area (Å²) in [5.74, 6) is -2.04. The molecule has 2 amide bonds. The van der Waals surface area contributed by atoms with Crippen LogP contribution in [-0.2, 0) is 0 Å². The van der Waals surface area contributed by atoms with E-state index >= 15 is 0 Å². The number of benzene rings is 2. The van der Waals surface area contributed by atoms with Crippen LogP contribution in [0.1, 0.15) is 20.8 Å². The summed E-state index contributed by atoms with van der Waals surface area (Å²) in [5.41, 5.74) is 4.04. The van der Waals surface area contributed by atoms with Crippen molar-refractivity contribution in [3.05, 3.63) is 76.1 Å². The Bertz CT molecular complexity index is 1080. The van der Waals surface area contributed by atoms with Gasteiger partial charge in [-0.25, -0.2) is 4.68 Å². The average Bonchev–Trinajstić information content (AvgIpc) is 3.13. The molecule has 0 fully saturated rings. The molecule has 0 atom stereocenters. The molecule has 0 saturated heterocycles. The lowest BCUT2D eigenvalue weighted by molar-refractivity contribution is -0.384. The Balaban J connectivity index is 1.74. The first-order valence-electron chi connectivity index (χ1n) is 8.18. The molecule has 1 aromatic heterocycles. The van der Waals surface area contributed by atoms with Gasteiger partial charge >= 0.3 is 0 Å². The van der Waals surface area contributed by atoms with Gasteiger partial charge in [0.05, 0.1) is 29.5 Å². The van der Waals surface area contributed by atoms with Crippen LogP contribution in [0.2, 0.25) is 0 Å². The first-order valence-corrected chi connectivity index (χ1v) is 8.18. The average molecular weight is 397 g/mol. The molecule has 0 bridgehead atoms. The number of hydrogen-bond acceptors (Lipinski definition) is 7. The zero-order valence-electron chi connectivity index (χ0n) is 15.0. The van der Waals surface area contributed by atoms with Crippen molar-refractivity contribution in [1.82, 2.24) is 20.6 Å². The second-order valence-electron chi connectivity index (χ2n) is 5.69. The van der Waals surface area contributed by atoms with Crippen molar-refractivity contribution in [2.24, 2.45) is 0 Å². The minimum atomic E-state index is -0.880. The van der Waals surface area contributed by atoms with E-state index in [0.29, 0.717) is 5.69 Å². The van der Waals surface area contributed by atoms with E-state index in [1.54, 1.807) is 30.3 Å². The fraction of sp³-hybridized carbons (Fsp3) is 0.0556. The molecule has 11 nitrogen and oxygen atoms in total. The molecule has 29 heavy (non-hydrogen) atoms. The van der Waals surface area contributed by atoms with Crippen molar-refractivity contribution < 1.29 is 24.4 Å². The van der Waals surface area contributed by atoms with Crippen LogP contribution in [0.5, 0.6) is 11.5 Å². The molecule has 148 valence electrons. The van der Waals surface area contributed by atoms with E-state index in [1.165, 1.54) is 30.1 Å². The van der Waals surface area contributed by atoms with Crippen LogP contribution < -0.4 is 15.6 Å². The predicted molar refractivity (Wildman–Crippen MR) is 99.8 cm³/mol. The molecule has 0 unspecified atom stereocenters. The molecule has 0 saturated carbocycles. The molecule has 11 heteroatoms. The lowest BCUT2D eigenvalue weighted by Gasteiger charge is -2.09. The number of nitro benzene ring substituents is 1. The molecular weight excluding hydrogens is 382 g/mol. The van der Waals surface area contributed by atoms with Gasteiger partial charge in [-0.3, -0.25) is 30.6 Å². The highest BCUT2D eigenvalue weighted by Gasteiger charge is 2.21. The highest BCUT2D eigenvalue weighted by Crippen LogP contribution is 2.24. The van der Waals surface area contributed by atoms with Crippen LogP contribution in [0.3, 0.4) is 0 Å². The number of non-ortho nitro benzene ring substituents is 1. The first-order chi connectivity index (χ1) is 13.9. The van der Waals surface area contributed by atoms with Crippen LogP contribution in [0.15, 0.2) is 54.7 Å². The van der Waals surface area contributed by atoms with Gasteiger partial charge in [0.2, 0.25) is 0 Å². The van der Waals surface area contributed by atoms with E-state index in [-0.39, 0.29) is 22.7 Å². The maximum Gasteiger partial charge on any atom is 0.294 e. The standard InChI is InChI=1S/C18H15N5O6/c1-29-15-8-7-12(23(27)28)9-13(15)17(25)19-20-18(26)16-14(24)10-22(21-16)11-5-3-2-4-6-11/h2-10,24H,1H3,(H,19,25)(H,20,26). The Hall–Kier alpha value is -4.41. The van der Waals surface area contributed by atoms with Crippen molar-refractivity contribution in [3.8, 4) is 17.2 Å². The summed E-state index contributed by atoms with van der Waals surface area (Å²) >= 11 is 0. The molecule has 0 spiro atoms. The van der Waals surface area contributed by atoms with Gasteiger partial charge in [-0.05, 0) is 18.2 Å². The maximum absolute atomic E-state index is 12.3. The van der Waals surface area contributed by atoms with Crippen molar-refractivity contribution in [1.29, 1.82) is 0 Å². The number of aromatic nitrogens is 2. The Morgan fingerprint density at radius 2 is 1.83 bits per heavy atom. The molecule has 3 aromatic rings. The second kappa shape index (κ2) is 8.08. The van der Waals surface area contributed by atoms with Gasteiger partial charge in [-0.2, -0.15) is 5.10 Å². The fourth-order valence-corrected chi connectivity index (χ4v) is 2.47. The summed E-state index contributed by atoms with van der Waals surface area (Å²) in [6.45, 7) is 0. The third-order valence-corrected chi connectivity index (χ3v) is 3.86. The minimum Gasteiger partial charge on any atom is -0.504 e. The smallest absolute Gasteiger partial charge is 0.294 e. The van der Waals surface area contributed by atoms with Gasteiger partial charge in [-0.15, -0.1) is 0 Å². The number of nitrogens with one attached hydrogen (secondary N) is 2. The SMILES string of the molecule is COc1ccc([N+](=O)[O-])cc1C(=O)NNC(=O)c1nn(-c2ccccc2)cc1O. The van der Waals surface area contributed by atoms with Crippen molar-refractivity contribution in [2.45, 2.75) is 0 Å². The van der Waals surface area contributed by atoms with E-state index < -0.39 is 22.5 Å². The fourth-order valence-electron chi connectivity index (χ4n) is 2.47. The normalized spacial score (nSPS) is 10.2. The number of carbonyl (C=O) groups excluding carboxylic acids is 2. The van der Waals surface area contributed by atoms with Gasteiger partial charge in [0.1, 0.15) is 5.75 Å². The summed E-state index contributed by atoms with van der Waals surface area (Å²) in [6.07, 6.45) is 1.25.